The molecule has 1 aromatic carbocycles. The van der Waals surface area contributed by atoms with Gasteiger partial charge in [0.15, 0.2) is 0 Å². The minimum absolute atomic E-state index is 0.0565. The van der Waals surface area contributed by atoms with Crippen LogP contribution >= 0.6 is 11.3 Å². The largest absolute Gasteiger partial charge is 0.325 e. The number of rotatable bonds is 3. The first-order valence-corrected chi connectivity index (χ1v) is 7.75. The lowest BCUT2D eigenvalue weighted by molar-refractivity contribution is -0.118. The van der Waals surface area contributed by atoms with Crippen LogP contribution in [0.3, 0.4) is 0 Å². The van der Waals surface area contributed by atoms with Gasteiger partial charge >= 0.3 is 0 Å². The fourth-order valence-corrected chi connectivity index (χ4v) is 3.04. The Morgan fingerprint density at radius 2 is 2.35 bits per heavy atom. The molecule has 5 heteroatoms. The number of hydrogen-bond donors (Lipinski definition) is 2. The van der Waals surface area contributed by atoms with Crippen molar-refractivity contribution in [1.82, 2.24) is 10.3 Å². The number of aromatic nitrogens is 1. The lowest BCUT2D eigenvalue weighted by atomic mass is 10.0. The number of thiazole rings is 1. The van der Waals surface area contributed by atoms with Crippen molar-refractivity contribution < 1.29 is 4.79 Å². The quantitative estimate of drug-likeness (QED) is 0.912. The maximum atomic E-state index is 12.2. The molecule has 20 heavy (non-hydrogen) atoms. The summed E-state index contributed by atoms with van der Waals surface area (Å²) in [5.41, 5.74) is 1.87. The Labute approximate surface area is 122 Å². The van der Waals surface area contributed by atoms with Crippen molar-refractivity contribution in [1.29, 1.82) is 0 Å². The molecule has 0 bridgehead atoms. The average Bonchev–Trinajstić information content (AvgIpc) is 3.03. The highest BCUT2D eigenvalue weighted by Crippen LogP contribution is 2.24. The first-order valence-electron chi connectivity index (χ1n) is 6.87. The van der Waals surface area contributed by atoms with E-state index in [4.69, 9.17) is 0 Å². The molecule has 1 unspecified atom stereocenters. The van der Waals surface area contributed by atoms with Crippen LogP contribution in [0, 0.1) is 0 Å². The highest BCUT2D eigenvalue weighted by atomic mass is 32.1. The molecule has 1 aromatic heterocycles. The second-order valence-corrected chi connectivity index (χ2v) is 5.80. The van der Waals surface area contributed by atoms with Gasteiger partial charge in [-0.3, -0.25) is 4.79 Å². The van der Waals surface area contributed by atoms with Gasteiger partial charge in [0.2, 0.25) is 5.91 Å². The maximum absolute atomic E-state index is 12.2. The molecule has 104 valence electrons. The third-order valence-corrected chi connectivity index (χ3v) is 4.26. The molecule has 1 amide bonds. The summed E-state index contributed by atoms with van der Waals surface area (Å²) in [6, 6.07) is 7.78. The molecule has 2 heterocycles. The van der Waals surface area contributed by atoms with E-state index in [9.17, 15) is 4.79 Å². The number of nitrogens with one attached hydrogen (secondary N) is 2. The Kier molecular flexibility index (Phi) is 4.08. The second kappa shape index (κ2) is 6.15. The average molecular weight is 287 g/mol. The van der Waals surface area contributed by atoms with Crippen molar-refractivity contribution in [3.63, 3.8) is 0 Å². The lowest BCUT2D eigenvalue weighted by Crippen LogP contribution is -2.43. The summed E-state index contributed by atoms with van der Waals surface area (Å²) in [7, 11) is 0. The number of hydrogen-bond acceptors (Lipinski definition) is 4. The zero-order valence-electron chi connectivity index (χ0n) is 11.1. The molecule has 2 aromatic rings. The third-order valence-electron chi connectivity index (χ3n) is 3.44. The molecule has 1 aliphatic heterocycles. The Morgan fingerprint density at radius 3 is 3.10 bits per heavy atom. The molecular formula is C15H17N3OS. The van der Waals surface area contributed by atoms with Gasteiger partial charge in [-0.2, -0.15) is 0 Å². The van der Waals surface area contributed by atoms with Crippen molar-refractivity contribution in [2.75, 3.05) is 11.9 Å². The maximum Gasteiger partial charge on any atom is 0.241 e. The summed E-state index contributed by atoms with van der Waals surface area (Å²) in [5.74, 6) is 0.0565. The first-order chi connectivity index (χ1) is 9.83. The summed E-state index contributed by atoms with van der Waals surface area (Å²) >= 11 is 1.60. The standard InChI is InChI=1S/C15H17N3OS/c19-14(13-6-1-2-7-16-13)18-12-5-3-4-11(10-12)15-17-8-9-20-15/h3-5,8-10,13,16H,1-2,6-7H2,(H,18,19). The summed E-state index contributed by atoms with van der Waals surface area (Å²) in [6.45, 7) is 0.928. The van der Waals surface area contributed by atoms with E-state index < -0.39 is 0 Å². The van der Waals surface area contributed by atoms with Gasteiger partial charge in [0.1, 0.15) is 5.01 Å². The summed E-state index contributed by atoms with van der Waals surface area (Å²) < 4.78 is 0. The molecule has 0 radical (unpaired) electrons. The molecule has 1 atom stereocenters. The molecule has 0 aliphatic carbocycles. The van der Waals surface area contributed by atoms with Crippen LogP contribution < -0.4 is 10.6 Å². The van der Waals surface area contributed by atoms with E-state index in [1.165, 1.54) is 0 Å². The van der Waals surface area contributed by atoms with Crippen LogP contribution in [0.2, 0.25) is 0 Å². The van der Waals surface area contributed by atoms with Gasteiger partial charge in [0.05, 0.1) is 6.04 Å². The first kappa shape index (κ1) is 13.3. The van der Waals surface area contributed by atoms with Crippen LogP contribution in [0.25, 0.3) is 10.6 Å². The number of nitrogens with zero attached hydrogens (tertiary/aromatic N) is 1. The molecule has 1 fully saturated rings. The highest BCUT2D eigenvalue weighted by Gasteiger charge is 2.20. The summed E-state index contributed by atoms with van der Waals surface area (Å²) in [5, 5.41) is 9.17. The van der Waals surface area contributed by atoms with E-state index in [0.717, 1.165) is 42.1 Å². The van der Waals surface area contributed by atoms with Gasteiger partial charge in [-0.1, -0.05) is 18.6 Å². The van der Waals surface area contributed by atoms with Crippen LogP contribution in [0.5, 0.6) is 0 Å². The molecule has 0 spiro atoms. The minimum atomic E-state index is -0.0627. The van der Waals surface area contributed by atoms with E-state index in [1.54, 1.807) is 17.5 Å². The zero-order chi connectivity index (χ0) is 13.8. The van der Waals surface area contributed by atoms with Gasteiger partial charge in [-0.15, -0.1) is 11.3 Å². The molecule has 2 N–H and O–H groups in total. The fraction of sp³-hybridized carbons (Fsp3) is 0.333. The number of piperidine rings is 1. The van der Waals surface area contributed by atoms with E-state index >= 15 is 0 Å². The van der Waals surface area contributed by atoms with Crippen LogP contribution in [0.1, 0.15) is 19.3 Å². The molecule has 1 saturated heterocycles. The van der Waals surface area contributed by atoms with Crippen molar-refractivity contribution in [2.45, 2.75) is 25.3 Å². The number of carbonyl (C=O) groups excluding carboxylic acids is 1. The predicted molar refractivity (Wildman–Crippen MR) is 81.8 cm³/mol. The van der Waals surface area contributed by atoms with Gasteiger partial charge in [-0.25, -0.2) is 4.98 Å². The lowest BCUT2D eigenvalue weighted by Gasteiger charge is -2.22. The number of anilines is 1. The fourth-order valence-electron chi connectivity index (χ4n) is 2.40. The van der Waals surface area contributed by atoms with E-state index in [2.05, 4.69) is 15.6 Å². The Morgan fingerprint density at radius 1 is 1.40 bits per heavy atom. The van der Waals surface area contributed by atoms with Gasteiger partial charge in [0, 0.05) is 22.8 Å². The normalized spacial score (nSPS) is 18.7. The number of carbonyl (C=O) groups is 1. The Hall–Kier alpha value is -1.72. The van der Waals surface area contributed by atoms with Crippen molar-refractivity contribution in [3.8, 4) is 10.6 Å². The van der Waals surface area contributed by atoms with E-state index in [0.29, 0.717) is 0 Å². The van der Waals surface area contributed by atoms with Gasteiger partial charge in [-0.05, 0) is 31.5 Å². The topological polar surface area (TPSA) is 54.0 Å². The smallest absolute Gasteiger partial charge is 0.241 e. The van der Waals surface area contributed by atoms with E-state index in [1.807, 2.05) is 29.6 Å². The van der Waals surface area contributed by atoms with Crippen molar-refractivity contribution >= 4 is 22.9 Å². The molecule has 3 rings (SSSR count). The predicted octanol–water partition coefficient (Wildman–Crippen LogP) is 2.89. The highest BCUT2D eigenvalue weighted by molar-refractivity contribution is 7.13. The second-order valence-electron chi connectivity index (χ2n) is 4.91. The van der Waals surface area contributed by atoms with Crippen molar-refractivity contribution in [2.24, 2.45) is 0 Å². The van der Waals surface area contributed by atoms with Gasteiger partial charge in [0.25, 0.3) is 0 Å². The number of amides is 1. The van der Waals surface area contributed by atoms with Crippen LogP contribution in [-0.4, -0.2) is 23.5 Å². The molecule has 0 saturated carbocycles. The SMILES string of the molecule is O=C(Nc1cccc(-c2nccs2)c1)C1CCCCN1. The van der Waals surface area contributed by atoms with Crippen LogP contribution in [0.4, 0.5) is 5.69 Å². The minimum Gasteiger partial charge on any atom is -0.325 e. The Balaban J connectivity index is 1.71. The van der Waals surface area contributed by atoms with Crippen LogP contribution in [-0.2, 0) is 4.79 Å². The van der Waals surface area contributed by atoms with Gasteiger partial charge < -0.3 is 10.6 Å². The third kappa shape index (κ3) is 3.05. The summed E-state index contributed by atoms with van der Waals surface area (Å²) in [4.78, 5) is 16.5. The van der Waals surface area contributed by atoms with Crippen molar-refractivity contribution in [3.05, 3.63) is 35.8 Å². The molecular weight excluding hydrogens is 270 g/mol. The van der Waals surface area contributed by atoms with Crippen LogP contribution in [0.15, 0.2) is 35.8 Å². The molecule has 4 nitrogen and oxygen atoms in total. The summed E-state index contributed by atoms with van der Waals surface area (Å²) in [6.07, 6.45) is 4.97. The van der Waals surface area contributed by atoms with E-state index in [-0.39, 0.29) is 11.9 Å². The zero-order valence-corrected chi connectivity index (χ0v) is 12.0. The monoisotopic (exact) mass is 287 g/mol. The molecule has 1 aliphatic rings. The Bertz CT molecular complexity index is 577. The number of benzene rings is 1.